The third kappa shape index (κ3) is 5.79. The van der Waals surface area contributed by atoms with Crippen LogP contribution in [0.15, 0.2) is 24.3 Å². The Morgan fingerprint density at radius 1 is 1.04 bits per heavy atom. The largest absolute Gasteiger partial charge is 0.491 e. The van der Waals surface area contributed by atoms with Gasteiger partial charge < -0.3 is 14.7 Å². The van der Waals surface area contributed by atoms with Crippen LogP contribution in [0.2, 0.25) is 0 Å². The number of nitrogens with zero attached hydrogens (tertiary/aromatic N) is 2. The van der Waals surface area contributed by atoms with E-state index in [2.05, 4.69) is 49.6 Å². The topological polar surface area (TPSA) is 35.9 Å². The molecule has 2 rings (SSSR count). The van der Waals surface area contributed by atoms with E-state index >= 15 is 0 Å². The fraction of sp³-hybridized carbons (Fsp3) is 0.684. The van der Waals surface area contributed by atoms with E-state index in [9.17, 15) is 5.11 Å². The summed E-state index contributed by atoms with van der Waals surface area (Å²) in [7, 11) is 0. The summed E-state index contributed by atoms with van der Waals surface area (Å²) in [6, 6.07) is 8.19. The van der Waals surface area contributed by atoms with Crippen molar-refractivity contribution >= 4 is 0 Å². The van der Waals surface area contributed by atoms with Gasteiger partial charge in [-0.05, 0) is 29.7 Å². The van der Waals surface area contributed by atoms with E-state index in [4.69, 9.17) is 4.74 Å². The summed E-state index contributed by atoms with van der Waals surface area (Å²) >= 11 is 0. The third-order valence-electron chi connectivity index (χ3n) is 4.54. The van der Waals surface area contributed by atoms with Crippen LogP contribution in [0.5, 0.6) is 5.75 Å². The van der Waals surface area contributed by atoms with Crippen LogP contribution in [0.25, 0.3) is 0 Å². The average molecular weight is 320 g/mol. The zero-order valence-corrected chi connectivity index (χ0v) is 15.1. The second-order valence-electron chi connectivity index (χ2n) is 7.47. The van der Waals surface area contributed by atoms with Gasteiger partial charge in [0, 0.05) is 32.7 Å². The predicted octanol–water partition coefficient (Wildman–Crippen LogP) is 2.36. The van der Waals surface area contributed by atoms with Crippen LogP contribution < -0.4 is 4.74 Å². The maximum absolute atomic E-state index is 10.2. The molecule has 4 heteroatoms. The van der Waals surface area contributed by atoms with Crippen molar-refractivity contribution in [1.82, 2.24) is 9.80 Å². The summed E-state index contributed by atoms with van der Waals surface area (Å²) in [5.41, 5.74) is 1.44. The number of hydrogen-bond acceptors (Lipinski definition) is 4. The fourth-order valence-corrected chi connectivity index (χ4v) is 2.88. The molecule has 1 atom stereocenters. The molecule has 1 aromatic carbocycles. The van der Waals surface area contributed by atoms with E-state index in [0.717, 1.165) is 38.5 Å². The maximum Gasteiger partial charge on any atom is 0.119 e. The zero-order valence-electron chi connectivity index (χ0n) is 15.1. The van der Waals surface area contributed by atoms with Crippen LogP contribution in [-0.4, -0.2) is 66.9 Å². The predicted molar refractivity (Wildman–Crippen MR) is 95.2 cm³/mol. The Bertz CT molecular complexity index is 459. The smallest absolute Gasteiger partial charge is 0.119 e. The molecule has 0 aliphatic carbocycles. The van der Waals surface area contributed by atoms with Gasteiger partial charge in [0.05, 0.1) is 0 Å². The first-order chi connectivity index (χ1) is 10.9. The highest BCUT2D eigenvalue weighted by Gasteiger charge is 2.18. The normalized spacial score (nSPS) is 18.8. The molecule has 1 aliphatic heterocycles. The lowest BCUT2D eigenvalue weighted by atomic mass is 9.87. The van der Waals surface area contributed by atoms with Crippen LogP contribution in [0, 0.1) is 0 Å². The first-order valence-corrected chi connectivity index (χ1v) is 8.74. The summed E-state index contributed by atoms with van der Waals surface area (Å²) in [6.45, 7) is 15.2. The van der Waals surface area contributed by atoms with Crippen LogP contribution in [-0.2, 0) is 5.41 Å². The van der Waals surface area contributed by atoms with E-state index in [-0.39, 0.29) is 5.41 Å². The number of aliphatic hydroxyl groups is 1. The maximum atomic E-state index is 10.2. The highest BCUT2D eigenvalue weighted by molar-refractivity contribution is 5.31. The summed E-state index contributed by atoms with van der Waals surface area (Å²) in [5.74, 6) is 0.827. The Labute approximate surface area is 141 Å². The van der Waals surface area contributed by atoms with Gasteiger partial charge in [-0.25, -0.2) is 0 Å². The molecule has 0 aromatic heterocycles. The second-order valence-corrected chi connectivity index (χ2v) is 7.47. The molecule has 130 valence electrons. The van der Waals surface area contributed by atoms with Gasteiger partial charge in [-0.15, -0.1) is 0 Å². The van der Waals surface area contributed by atoms with Crippen molar-refractivity contribution in [2.24, 2.45) is 0 Å². The zero-order chi connectivity index (χ0) is 16.9. The number of likely N-dealkylation sites (N-methyl/N-ethyl adjacent to an activating group) is 1. The highest BCUT2D eigenvalue weighted by Crippen LogP contribution is 2.24. The Morgan fingerprint density at radius 2 is 1.61 bits per heavy atom. The molecular weight excluding hydrogens is 288 g/mol. The standard InChI is InChI=1S/C19H32N2O2/c1-5-20-10-12-21(13-11-20)14-17(22)15-23-18-8-6-16(7-9-18)19(2,3)4/h6-9,17,22H,5,10-15H2,1-4H3/t17-/m0/s1. The quantitative estimate of drug-likeness (QED) is 0.873. The van der Waals surface area contributed by atoms with Crippen LogP contribution in [0.4, 0.5) is 0 Å². The first-order valence-electron chi connectivity index (χ1n) is 8.74. The van der Waals surface area contributed by atoms with Gasteiger partial charge in [0.15, 0.2) is 0 Å². The van der Waals surface area contributed by atoms with Gasteiger partial charge in [-0.1, -0.05) is 39.8 Å². The summed E-state index contributed by atoms with van der Waals surface area (Å²) in [5, 5.41) is 10.2. The molecule has 4 nitrogen and oxygen atoms in total. The molecule has 0 radical (unpaired) electrons. The highest BCUT2D eigenvalue weighted by atomic mass is 16.5. The summed E-state index contributed by atoms with van der Waals surface area (Å²) in [4.78, 5) is 4.76. The molecule has 1 N–H and O–H groups in total. The molecule has 1 saturated heterocycles. The Kier molecular flexibility index (Phi) is 6.45. The first kappa shape index (κ1) is 18.2. The van der Waals surface area contributed by atoms with Gasteiger partial charge in [0.25, 0.3) is 0 Å². The number of aliphatic hydroxyl groups excluding tert-OH is 1. The van der Waals surface area contributed by atoms with E-state index in [1.165, 1.54) is 5.56 Å². The Morgan fingerprint density at radius 3 is 2.13 bits per heavy atom. The molecule has 0 unspecified atom stereocenters. The van der Waals surface area contributed by atoms with Crippen molar-refractivity contribution in [3.8, 4) is 5.75 Å². The molecule has 1 fully saturated rings. The minimum atomic E-state index is -0.439. The van der Waals surface area contributed by atoms with Gasteiger partial charge >= 0.3 is 0 Å². The van der Waals surface area contributed by atoms with Gasteiger partial charge in [0.1, 0.15) is 18.5 Å². The van der Waals surface area contributed by atoms with Gasteiger partial charge in [-0.2, -0.15) is 0 Å². The minimum Gasteiger partial charge on any atom is -0.491 e. The molecule has 1 heterocycles. The van der Waals surface area contributed by atoms with Crippen molar-refractivity contribution < 1.29 is 9.84 Å². The van der Waals surface area contributed by atoms with Crippen molar-refractivity contribution in [3.05, 3.63) is 29.8 Å². The average Bonchev–Trinajstić information content (AvgIpc) is 2.53. The fourth-order valence-electron chi connectivity index (χ4n) is 2.88. The van der Waals surface area contributed by atoms with Crippen LogP contribution in [0.1, 0.15) is 33.3 Å². The Hall–Kier alpha value is -1.10. The number of β-amino-alcohol motifs (C(OH)–C–C–N with tert-alkyl or cyclic N) is 1. The number of ether oxygens (including phenoxy) is 1. The van der Waals surface area contributed by atoms with E-state index in [0.29, 0.717) is 13.2 Å². The lowest BCUT2D eigenvalue weighted by Crippen LogP contribution is -2.49. The molecule has 1 aliphatic rings. The van der Waals surface area contributed by atoms with Crippen molar-refractivity contribution in [3.63, 3.8) is 0 Å². The summed E-state index contributed by atoms with van der Waals surface area (Å²) in [6.07, 6.45) is -0.439. The van der Waals surface area contributed by atoms with Gasteiger partial charge in [0.2, 0.25) is 0 Å². The number of hydrogen-bond donors (Lipinski definition) is 1. The van der Waals surface area contributed by atoms with Crippen LogP contribution in [0.3, 0.4) is 0 Å². The van der Waals surface area contributed by atoms with Crippen molar-refractivity contribution in [2.75, 3.05) is 45.9 Å². The van der Waals surface area contributed by atoms with Gasteiger partial charge in [-0.3, -0.25) is 4.90 Å². The SMILES string of the molecule is CCN1CCN(C[C@H](O)COc2ccc(C(C)(C)C)cc2)CC1. The molecule has 1 aromatic rings. The lowest BCUT2D eigenvalue weighted by molar-refractivity contribution is 0.0471. The van der Waals surface area contributed by atoms with E-state index in [1.54, 1.807) is 0 Å². The minimum absolute atomic E-state index is 0.151. The number of rotatable bonds is 6. The number of benzene rings is 1. The molecular formula is C19H32N2O2. The molecule has 0 spiro atoms. The molecule has 0 saturated carbocycles. The van der Waals surface area contributed by atoms with Crippen molar-refractivity contribution in [1.29, 1.82) is 0 Å². The summed E-state index contributed by atoms with van der Waals surface area (Å²) < 4.78 is 5.73. The third-order valence-corrected chi connectivity index (χ3v) is 4.54. The number of piperazine rings is 1. The second kappa shape index (κ2) is 8.13. The van der Waals surface area contributed by atoms with Crippen molar-refractivity contribution in [2.45, 2.75) is 39.2 Å². The van der Waals surface area contributed by atoms with E-state index < -0.39 is 6.10 Å². The monoisotopic (exact) mass is 320 g/mol. The van der Waals surface area contributed by atoms with Crippen LogP contribution >= 0.6 is 0 Å². The lowest BCUT2D eigenvalue weighted by Gasteiger charge is -2.34. The Balaban J connectivity index is 1.73. The molecule has 0 bridgehead atoms. The van der Waals surface area contributed by atoms with E-state index in [1.807, 2.05) is 12.1 Å². The molecule has 0 amide bonds. The molecule has 23 heavy (non-hydrogen) atoms.